The van der Waals surface area contributed by atoms with E-state index >= 15 is 0 Å². The Kier molecular flexibility index (Phi) is 5.34. The van der Waals surface area contributed by atoms with Crippen molar-refractivity contribution in [3.05, 3.63) is 76.2 Å². The van der Waals surface area contributed by atoms with Crippen LogP contribution in [0.15, 0.2) is 54.6 Å². The number of carbonyl (C=O) groups excluding carboxylic acids is 1. The van der Waals surface area contributed by atoms with Crippen molar-refractivity contribution in [2.75, 3.05) is 5.32 Å². The zero-order valence-corrected chi connectivity index (χ0v) is 18.9. The third kappa shape index (κ3) is 4.20. The van der Waals surface area contributed by atoms with E-state index in [1.165, 1.54) is 11.3 Å². The molecule has 2 heterocycles. The second kappa shape index (κ2) is 7.84. The fourth-order valence-corrected chi connectivity index (χ4v) is 5.49. The molecule has 0 spiro atoms. The molecule has 0 bridgehead atoms. The van der Waals surface area contributed by atoms with E-state index < -0.39 is 0 Å². The summed E-state index contributed by atoms with van der Waals surface area (Å²) < 4.78 is 5.93. The zero-order chi connectivity index (χ0) is 22.2. The van der Waals surface area contributed by atoms with Gasteiger partial charge in [-0.05, 0) is 63.9 Å². The van der Waals surface area contributed by atoms with Gasteiger partial charge in [-0.25, -0.2) is 0 Å². The molecule has 5 nitrogen and oxygen atoms in total. The average molecular weight is 432 g/mol. The topological polar surface area (TPSA) is 74.1 Å². The van der Waals surface area contributed by atoms with Gasteiger partial charge >= 0.3 is 0 Å². The number of fused-ring (bicyclic) bond motifs is 1. The van der Waals surface area contributed by atoms with Crippen LogP contribution in [0, 0.1) is 11.3 Å². The molecule has 1 aliphatic heterocycles. The number of rotatable bonds is 4. The number of thiophene rings is 1. The summed E-state index contributed by atoms with van der Waals surface area (Å²) in [5, 5.41) is 17.1. The van der Waals surface area contributed by atoms with Crippen molar-refractivity contribution in [1.29, 1.82) is 5.26 Å². The summed E-state index contributed by atoms with van der Waals surface area (Å²) in [4.78, 5) is 14.3. The molecular weight excluding hydrogens is 406 g/mol. The van der Waals surface area contributed by atoms with E-state index in [2.05, 4.69) is 44.4 Å². The number of hydrogen-bond donors (Lipinski definition) is 2. The minimum Gasteiger partial charge on any atom is -0.457 e. The molecule has 0 unspecified atom stereocenters. The van der Waals surface area contributed by atoms with Crippen LogP contribution < -0.4 is 15.4 Å². The maximum atomic E-state index is 13.2. The van der Waals surface area contributed by atoms with Gasteiger partial charge in [0.2, 0.25) is 0 Å². The highest BCUT2D eigenvalue weighted by Gasteiger charge is 2.40. The number of nitriles is 1. The molecular formula is C25H25N3O2S. The van der Waals surface area contributed by atoms with Gasteiger partial charge in [0.1, 0.15) is 22.6 Å². The lowest BCUT2D eigenvalue weighted by Gasteiger charge is -2.42. The van der Waals surface area contributed by atoms with Crippen LogP contribution in [-0.4, -0.2) is 11.4 Å². The molecule has 0 saturated heterocycles. The largest absolute Gasteiger partial charge is 0.457 e. The van der Waals surface area contributed by atoms with Gasteiger partial charge in [0.25, 0.3) is 5.91 Å². The Labute approximate surface area is 186 Å². The first-order valence-corrected chi connectivity index (χ1v) is 11.0. The van der Waals surface area contributed by atoms with Gasteiger partial charge in [0.15, 0.2) is 0 Å². The van der Waals surface area contributed by atoms with Crippen LogP contribution in [-0.2, 0) is 12.0 Å². The maximum Gasteiger partial charge on any atom is 0.260 e. The van der Waals surface area contributed by atoms with Crippen LogP contribution in [0.25, 0.3) is 0 Å². The molecule has 3 aromatic rings. The SMILES string of the molecule is CC1(C)Cc2c(sc(NC(=O)c3ccccc3Oc3ccccc3)c2C#N)C(C)(C)N1. The number of nitrogens with one attached hydrogen (secondary N) is 2. The first kappa shape index (κ1) is 21.1. The lowest BCUT2D eigenvalue weighted by molar-refractivity contribution is 0.102. The van der Waals surface area contributed by atoms with Gasteiger partial charge in [0.05, 0.1) is 11.1 Å². The monoisotopic (exact) mass is 431 g/mol. The van der Waals surface area contributed by atoms with Gasteiger partial charge in [0, 0.05) is 16.0 Å². The van der Waals surface area contributed by atoms with Crippen LogP contribution in [0.5, 0.6) is 11.5 Å². The highest BCUT2D eigenvalue weighted by atomic mass is 32.1. The third-order valence-electron chi connectivity index (χ3n) is 5.29. The molecule has 158 valence electrons. The molecule has 6 heteroatoms. The van der Waals surface area contributed by atoms with E-state index in [0.29, 0.717) is 27.6 Å². The number of carbonyl (C=O) groups is 1. The van der Waals surface area contributed by atoms with E-state index in [4.69, 9.17) is 4.74 Å². The van der Waals surface area contributed by atoms with Crippen molar-refractivity contribution in [3.8, 4) is 17.6 Å². The summed E-state index contributed by atoms with van der Waals surface area (Å²) in [5.41, 5.74) is 1.56. The minimum absolute atomic E-state index is 0.138. The van der Waals surface area contributed by atoms with Crippen molar-refractivity contribution in [2.45, 2.75) is 45.2 Å². The molecule has 0 atom stereocenters. The Morgan fingerprint density at radius 2 is 1.77 bits per heavy atom. The number of para-hydroxylation sites is 2. The first-order chi connectivity index (χ1) is 14.7. The molecule has 0 radical (unpaired) electrons. The summed E-state index contributed by atoms with van der Waals surface area (Å²) in [6, 6.07) is 18.8. The van der Waals surface area contributed by atoms with Crippen LogP contribution in [0.1, 0.15) is 54.1 Å². The van der Waals surface area contributed by atoms with E-state index in [0.717, 1.165) is 16.9 Å². The third-order valence-corrected chi connectivity index (χ3v) is 6.76. The van der Waals surface area contributed by atoms with Gasteiger partial charge in [-0.3, -0.25) is 4.79 Å². The Morgan fingerprint density at radius 3 is 2.48 bits per heavy atom. The van der Waals surface area contributed by atoms with E-state index in [1.54, 1.807) is 18.2 Å². The standard InChI is InChI=1S/C25H25N3O2S/c1-24(2)14-18-19(15-26)23(31-21(18)25(3,4)28-24)27-22(29)17-12-8-9-13-20(17)30-16-10-6-5-7-11-16/h5-13,28H,14H2,1-4H3,(H,27,29). The molecule has 1 aliphatic rings. The number of benzene rings is 2. The number of anilines is 1. The Morgan fingerprint density at radius 1 is 1.10 bits per heavy atom. The Hall–Kier alpha value is -3.14. The molecule has 0 fully saturated rings. The molecule has 2 aromatic carbocycles. The summed E-state index contributed by atoms with van der Waals surface area (Å²) in [7, 11) is 0. The lowest BCUT2D eigenvalue weighted by Crippen LogP contribution is -2.54. The molecule has 1 aromatic heterocycles. The quantitative estimate of drug-likeness (QED) is 0.545. The van der Waals surface area contributed by atoms with Gasteiger partial charge in [-0.1, -0.05) is 30.3 Å². The second-order valence-corrected chi connectivity index (χ2v) is 9.92. The van der Waals surface area contributed by atoms with Crippen LogP contribution in [0.2, 0.25) is 0 Å². The fourth-order valence-electron chi connectivity index (χ4n) is 4.26. The molecule has 0 aliphatic carbocycles. The summed E-state index contributed by atoms with van der Waals surface area (Å²) in [5.74, 6) is 0.822. The van der Waals surface area contributed by atoms with Crippen LogP contribution in [0.3, 0.4) is 0 Å². The highest BCUT2D eigenvalue weighted by molar-refractivity contribution is 7.17. The summed E-state index contributed by atoms with van der Waals surface area (Å²) in [6.45, 7) is 8.48. The fraction of sp³-hybridized carbons (Fsp3) is 0.280. The van der Waals surface area contributed by atoms with Gasteiger partial charge in [-0.15, -0.1) is 11.3 Å². The van der Waals surface area contributed by atoms with E-state index in [1.807, 2.05) is 36.4 Å². The average Bonchev–Trinajstić information content (AvgIpc) is 3.05. The van der Waals surface area contributed by atoms with E-state index in [9.17, 15) is 10.1 Å². The molecule has 0 saturated carbocycles. The first-order valence-electron chi connectivity index (χ1n) is 10.2. The second-order valence-electron chi connectivity index (χ2n) is 8.90. The predicted molar refractivity (Wildman–Crippen MR) is 124 cm³/mol. The normalized spacial score (nSPS) is 16.1. The number of amides is 1. The number of hydrogen-bond acceptors (Lipinski definition) is 5. The van der Waals surface area contributed by atoms with Crippen LogP contribution in [0.4, 0.5) is 5.00 Å². The van der Waals surface area contributed by atoms with Crippen molar-refractivity contribution < 1.29 is 9.53 Å². The molecule has 2 N–H and O–H groups in total. The molecule has 1 amide bonds. The van der Waals surface area contributed by atoms with Gasteiger partial charge in [-0.2, -0.15) is 5.26 Å². The minimum atomic E-state index is -0.299. The predicted octanol–water partition coefficient (Wildman–Crippen LogP) is 5.82. The molecule has 4 rings (SSSR count). The lowest BCUT2D eigenvalue weighted by atomic mass is 9.81. The number of ether oxygens (including phenoxy) is 1. The van der Waals surface area contributed by atoms with Crippen molar-refractivity contribution in [3.63, 3.8) is 0 Å². The summed E-state index contributed by atoms with van der Waals surface area (Å²) >= 11 is 1.47. The van der Waals surface area contributed by atoms with Gasteiger partial charge < -0.3 is 15.4 Å². The van der Waals surface area contributed by atoms with E-state index in [-0.39, 0.29) is 17.0 Å². The number of nitrogens with zero attached hydrogens (tertiary/aromatic N) is 1. The molecule has 31 heavy (non-hydrogen) atoms. The van der Waals surface area contributed by atoms with Crippen LogP contribution >= 0.6 is 11.3 Å². The maximum absolute atomic E-state index is 13.2. The Balaban J connectivity index is 1.67. The highest BCUT2D eigenvalue weighted by Crippen LogP contribution is 2.45. The zero-order valence-electron chi connectivity index (χ0n) is 18.1. The van der Waals surface area contributed by atoms with Crippen molar-refractivity contribution >= 4 is 22.2 Å². The summed E-state index contributed by atoms with van der Waals surface area (Å²) in [6.07, 6.45) is 0.731. The van der Waals surface area contributed by atoms with Crippen molar-refractivity contribution in [2.24, 2.45) is 0 Å². The van der Waals surface area contributed by atoms with Crippen molar-refractivity contribution in [1.82, 2.24) is 5.32 Å². The smallest absolute Gasteiger partial charge is 0.260 e. The Bertz CT molecular complexity index is 1170.